The Hall–Kier alpha value is -0.880. The number of hydrogen-bond donors (Lipinski definition) is 1. The van der Waals surface area contributed by atoms with E-state index in [-0.39, 0.29) is 4.90 Å². The molecule has 0 radical (unpaired) electrons. The van der Waals surface area contributed by atoms with Crippen LogP contribution in [0.25, 0.3) is 0 Å². The maximum absolute atomic E-state index is 12.4. The third-order valence-corrected chi connectivity index (χ3v) is 3.32. The van der Waals surface area contributed by atoms with Crippen LogP contribution in [0.4, 0.5) is 13.2 Å². The van der Waals surface area contributed by atoms with Crippen molar-refractivity contribution in [2.75, 3.05) is 19.3 Å². The molecule has 0 aliphatic carbocycles. The predicted molar refractivity (Wildman–Crippen MR) is 56.6 cm³/mol. The van der Waals surface area contributed by atoms with Crippen LogP contribution in [-0.2, 0) is 17.0 Å². The smallest absolute Gasteiger partial charge is 0.319 e. The monoisotopic (exact) mass is 251 g/mol. The molecule has 2 nitrogen and oxygen atoms in total. The summed E-state index contributed by atoms with van der Waals surface area (Å²) in [5, 5.41) is 2.80. The molecular weight excluding hydrogens is 239 g/mol. The van der Waals surface area contributed by atoms with Crippen LogP contribution < -0.4 is 5.32 Å². The first-order chi connectivity index (χ1) is 7.45. The van der Waals surface area contributed by atoms with Gasteiger partial charge in [-0.25, -0.2) is 0 Å². The predicted octanol–water partition coefficient (Wildman–Crippen LogP) is 2.03. The van der Waals surface area contributed by atoms with Crippen molar-refractivity contribution < 1.29 is 17.4 Å². The van der Waals surface area contributed by atoms with Crippen LogP contribution in [0.3, 0.4) is 0 Å². The fraction of sp³-hybridized carbons (Fsp3) is 0.400. The quantitative estimate of drug-likeness (QED) is 0.887. The second-order valence-electron chi connectivity index (χ2n) is 3.18. The lowest BCUT2D eigenvalue weighted by Gasteiger charge is -2.08. The van der Waals surface area contributed by atoms with E-state index in [2.05, 4.69) is 5.32 Å². The molecule has 0 aliphatic heterocycles. The average Bonchev–Trinajstić information content (AvgIpc) is 2.25. The van der Waals surface area contributed by atoms with Gasteiger partial charge in [0.05, 0.1) is 16.4 Å². The zero-order chi connectivity index (χ0) is 12.2. The molecule has 0 bridgehead atoms. The van der Waals surface area contributed by atoms with Gasteiger partial charge in [-0.05, 0) is 25.2 Å². The lowest BCUT2D eigenvalue weighted by atomic mass is 10.2. The van der Waals surface area contributed by atoms with Crippen molar-refractivity contribution in [3.05, 3.63) is 29.8 Å². The van der Waals surface area contributed by atoms with Crippen LogP contribution >= 0.6 is 0 Å². The topological polar surface area (TPSA) is 29.1 Å². The molecule has 6 heteroatoms. The average molecular weight is 251 g/mol. The Kier molecular flexibility index (Phi) is 4.49. The lowest BCUT2D eigenvalue weighted by Crippen LogP contribution is -2.16. The van der Waals surface area contributed by atoms with Crippen molar-refractivity contribution in [2.24, 2.45) is 0 Å². The number of alkyl halides is 3. The van der Waals surface area contributed by atoms with Crippen molar-refractivity contribution in [3.63, 3.8) is 0 Å². The Labute approximate surface area is 94.3 Å². The molecule has 1 aromatic carbocycles. The van der Waals surface area contributed by atoms with Crippen LogP contribution in [0.2, 0.25) is 0 Å². The normalized spacial score (nSPS) is 13.8. The molecule has 16 heavy (non-hydrogen) atoms. The van der Waals surface area contributed by atoms with E-state index in [4.69, 9.17) is 0 Å². The standard InChI is InChI=1S/C10H12F3NOS/c1-14-5-6-16(15)9-4-2-3-8(7-9)10(11,12)13/h2-4,7,14H,5-6H2,1H3. The number of hydrogen-bond acceptors (Lipinski definition) is 2. The van der Waals surface area contributed by atoms with Gasteiger partial charge in [0.2, 0.25) is 0 Å². The highest BCUT2D eigenvalue weighted by Crippen LogP contribution is 2.30. The molecule has 0 fully saturated rings. The molecular formula is C10H12F3NOS. The van der Waals surface area contributed by atoms with E-state index in [9.17, 15) is 17.4 Å². The molecule has 0 heterocycles. The van der Waals surface area contributed by atoms with Gasteiger partial charge < -0.3 is 5.32 Å². The van der Waals surface area contributed by atoms with E-state index < -0.39 is 22.5 Å². The zero-order valence-corrected chi connectivity index (χ0v) is 9.49. The van der Waals surface area contributed by atoms with Crippen LogP contribution in [0.15, 0.2) is 29.2 Å². The van der Waals surface area contributed by atoms with E-state index in [1.807, 2.05) is 0 Å². The molecule has 1 aromatic rings. The summed E-state index contributed by atoms with van der Waals surface area (Å²) in [5.41, 5.74) is -0.761. The van der Waals surface area contributed by atoms with Crippen molar-refractivity contribution in [1.82, 2.24) is 5.32 Å². The highest BCUT2D eigenvalue weighted by atomic mass is 32.2. The van der Waals surface area contributed by atoms with Gasteiger partial charge in [-0.3, -0.25) is 4.21 Å². The first-order valence-corrected chi connectivity index (χ1v) is 5.97. The fourth-order valence-electron chi connectivity index (χ4n) is 1.13. The number of halogens is 3. The van der Waals surface area contributed by atoms with E-state index in [0.29, 0.717) is 12.3 Å². The lowest BCUT2D eigenvalue weighted by molar-refractivity contribution is -0.137. The summed E-state index contributed by atoms with van der Waals surface area (Å²) < 4.78 is 48.7. The summed E-state index contributed by atoms with van der Waals surface area (Å²) in [7, 11) is 0.307. The molecule has 90 valence electrons. The van der Waals surface area contributed by atoms with Crippen LogP contribution in [0.5, 0.6) is 0 Å². The summed E-state index contributed by atoms with van der Waals surface area (Å²) in [6, 6.07) is 4.63. The number of benzene rings is 1. The summed E-state index contributed by atoms with van der Waals surface area (Å²) in [5.74, 6) is 0.303. The molecule has 1 N–H and O–H groups in total. The van der Waals surface area contributed by atoms with E-state index in [0.717, 1.165) is 12.1 Å². The van der Waals surface area contributed by atoms with E-state index in [1.165, 1.54) is 12.1 Å². The molecule has 0 spiro atoms. The highest BCUT2D eigenvalue weighted by molar-refractivity contribution is 7.85. The van der Waals surface area contributed by atoms with Crippen molar-refractivity contribution in [2.45, 2.75) is 11.1 Å². The van der Waals surface area contributed by atoms with Crippen molar-refractivity contribution >= 4 is 10.8 Å². The summed E-state index contributed by atoms with van der Waals surface area (Å²) in [4.78, 5) is 0.213. The molecule has 0 aromatic heterocycles. The van der Waals surface area contributed by atoms with Gasteiger partial charge in [-0.2, -0.15) is 13.2 Å². The largest absolute Gasteiger partial charge is 0.416 e. The van der Waals surface area contributed by atoms with Gasteiger partial charge in [-0.1, -0.05) is 6.07 Å². The van der Waals surface area contributed by atoms with Gasteiger partial charge in [0.15, 0.2) is 0 Å². The van der Waals surface area contributed by atoms with Crippen molar-refractivity contribution in [3.8, 4) is 0 Å². The van der Waals surface area contributed by atoms with Gasteiger partial charge in [0.25, 0.3) is 0 Å². The maximum atomic E-state index is 12.4. The van der Waals surface area contributed by atoms with Crippen LogP contribution in [0.1, 0.15) is 5.56 Å². The molecule has 1 rings (SSSR count). The minimum atomic E-state index is -4.39. The second kappa shape index (κ2) is 5.45. The summed E-state index contributed by atoms with van der Waals surface area (Å²) >= 11 is 0. The Morgan fingerprint density at radius 3 is 2.62 bits per heavy atom. The molecule has 0 aliphatic rings. The molecule has 0 amide bonds. The Bertz CT molecular complexity index is 379. The van der Waals surface area contributed by atoms with E-state index >= 15 is 0 Å². The van der Waals surface area contributed by atoms with Gasteiger partial charge >= 0.3 is 6.18 Å². The summed E-state index contributed by atoms with van der Waals surface area (Å²) in [6.45, 7) is 0.503. The first kappa shape index (κ1) is 13.2. The molecule has 0 saturated heterocycles. The van der Waals surface area contributed by atoms with Gasteiger partial charge in [-0.15, -0.1) is 0 Å². The van der Waals surface area contributed by atoms with E-state index in [1.54, 1.807) is 7.05 Å². The van der Waals surface area contributed by atoms with Crippen LogP contribution in [0, 0.1) is 0 Å². The highest BCUT2D eigenvalue weighted by Gasteiger charge is 2.30. The van der Waals surface area contributed by atoms with Crippen molar-refractivity contribution in [1.29, 1.82) is 0 Å². The number of nitrogens with one attached hydrogen (secondary N) is 1. The Morgan fingerprint density at radius 2 is 2.06 bits per heavy atom. The third-order valence-electron chi connectivity index (χ3n) is 1.96. The third kappa shape index (κ3) is 3.61. The minimum Gasteiger partial charge on any atom is -0.319 e. The van der Waals surface area contributed by atoms with Crippen LogP contribution in [-0.4, -0.2) is 23.6 Å². The maximum Gasteiger partial charge on any atom is 0.416 e. The molecule has 1 unspecified atom stereocenters. The molecule has 0 saturated carbocycles. The summed E-state index contributed by atoms with van der Waals surface area (Å²) in [6.07, 6.45) is -4.39. The molecule has 1 atom stereocenters. The number of rotatable bonds is 4. The second-order valence-corrected chi connectivity index (χ2v) is 4.75. The fourth-order valence-corrected chi connectivity index (χ4v) is 2.24. The first-order valence-electron chi connectivity index (χ1n) is 4.65. The SMILES string of the molecule is CNCCS(=O)c1cccc(C(F)(F)F)c1. The minimum absolute atomic E-state index is 0.213. The zero-order valence-electron chi connectivity index (χ0n) is 8.67. The Balaban J connectivity index is 2.86. The van der Waals surface area contributed by atoms with Gasteiger partial charge in [0.1, 0.15) is 0 Å². The van der Waals surface area contributed by atoms with Gasteiger partial charge in [0, 0.05) is 17.2 Å². The Morgan fingerprint density at radius 1 is 1.38 bits per heavy atom.